The summed E-state index contributed by atoms with van der Waals surface area (Å²) in [5.41, 5.74) is 8.68. The Morgan fingerprint density at radius 1 is 1.00 bits per heavy atom. The number of para-hydroxylation sites is 1. The summed E-state index contributed by atoms with van der Waals surface area (Å²) in [7, 11) is 0. The van der Waals surface area contributed by atoms with Crippen molar-refractivity contribution < 1.29 is 0 Å². The highest BCUT2D eigenvalue weighted by Gasteiger charge is 2.17. The Hall–Kier alpha value is -2.69. The van der Waals surface area contributed by atoms with Crippen molar-refractivity contribution in [2.45, 2.75) is 13.0 Å². The van der Waals surface area contributed by atoms with Crippen LogP contribution < -0.4 is 5.73 Å². The number of tetrazole rings is 1. The molecule has 0 amide bonds. The van der Waals surface area contributed by atoms with Gasteiger partial charge in [0.25, 0.3) is 0 Å². The predicted octanol–water partition coefficient (Wildman–Crippen LogP) is 2.53. The Morgan fingerprint density at radius 3 is 2.45 bits per heavy atom. The molecule has 3 aromatic rings. The summed E-state index contributed by atoms with van der Waals surface area (Å²) >= 11 is 0. The van der Waals surface area contributed by atoms with Gasteiger partial charge in [0, 0.05) is 11.3 Å². The number of hydrogen-bond donors (Lipinski definition) is 1. The fourth-order valence-electron chi connectivity index (χ4n) is 2.21. The van der Waals surface area contributed by atoms with Gasteiger partial charge in [0.15, 0.2) is 5.82 Å². The number of benzene rings is 2. The highest BCUT2D eigenvalue weighted by Crippen LogP contribution is 2.26. The number of nitrogens with zero attached hydrogens (tertiary/aromatic N) is 4. The van der Waals surface area contributed by atoms with Crippen molar-refractivity contribution >= 4 is 5.69 Å². The van der Waals surface area contributed by atoms with E-state index in [0.717, 1.165) is 11.1 Å². The van der Waals surface area contributed by atoms with Crippen LogP contribution >= 0.6 is 0 Å². The van der Waals surface area contributed by atoms with Gasteiger partial charge in [-0.1, -0.05) is 42.5 Å². The summed E-state index contributed by atoms with van der Waals surface area (Å²) in [6, 6.07) is 17.8. The Morgan fingerprint density at radius 2 is 1.70 bits per heavy atom. The molecule has 0 aliphatic heterocycles. The molecular formula is C15H15N5. The second-order valence-electron chi connectivity index (χ2n) is 4.62. The first-order valence-corrected chi connectivity index (χ1v) is 6.45. The molecule has 0 radical (unpaired) electrons. The first-order chi connectivity index (χ1) is 9.77. The van der Waals surface area contributed by atoms with E-state index in [9.17, 15) is 0 Å². The zero-order valence-corrected chi connectivity index (χ0v) is 11.1. The van der Waals surface area contributed by atoms with Crippen molar-refractivity contribution in [3.8, 4) is 11.4 Å². The molecule has 0 fully saturated rings. The first kappa shape index (κ1) is 12.3. The van der Waals surface area contributed by atoms with Crippen molar-refractivity contribution in [3.05, 3.63) is 60.2 Å². The molecule has 0 saturated carbocycles. The first-order valence-electron chi connectivity index (χ1n) is 6.45. The van der Waals surface area contributed by atoms with Crippen LogP contribution in [0.1, 0.15) is 18.5 Å². The lowest BCUT2D eigenvalue weighted by atomic mass is 10.1. The fourth-order valence-corrected chi connectivity index (χ4v) is 2.21. The van der Waals surface area contributed by atoms with Gasteiger partial charge >= 0.3 is 0 Å². The monoisotopic (exact) mass is 265 g/mol. The molecule has 2 N–H and O–H groups in total. The lowest BCUT2D eigenvalue weighted by molar-refractivity contribution is 0.548. The van der Waals surface area contributed by atoms with Gasteiger partial charge in [-0.05, 0) is 35.0 Å². The number of rotatable bonds is 3. The molecule has 0 aliphatic rings. The van der Waals surface area contributed by atoms with Crippen LogP contribution in [0.15, 0.2) is 54.6 Å². The largest absolute Gasteiger partial charge is 0.398 e. The van der Waals surface area contributed by atoms with E-state index in [1.807, 2.05) is 42.5 Å². The standard InChI is InChI=1S/C15H15N5/c1-11(12-7-3-2-4-8-12)20-15(17-18-19-20)13-9-5-6-10-14(13)16/h2-11H,16H2,1H3. The Kier molecular flexibility index (Phi) is 3.16. The predicted molar refractivity (Wildman–Crippen MR) is 77.9 cm³/mol. The van der Waals surface area contributed by atoms with Crippen LogP contribution in [0.25, 0.3) is 11.4 Å². The van der Waals surface area contributed by atoms with Gasteiger partial charge in [0.05, 0.1) is 6.04 Å². The Labute approximate surface area is 117 Å². The molecule has 1 atom stereocenters. The summed E-state index contributed by atoms with van der Waals surface area (Å²) in [4.78, 5) is 0. The normalized spacial score (nSPS) is 12.2. The lowest BCUT2D eigenvalue weighted by Gasteiger charge is -2.14. The molecule has 1 aromatic heterocycles. The van der Waals surface area contributed by atoms with Crippen molar-refractivity contribution in [3.63, 3.8) is 0 Å². The van der Waals surface area contributed by atoms with Gasteiger partial charge in [-0.25, -0.2) is 4.68 Å². The topological polar surface area (TPSA) is 69.6 Å². The number of nitrogen functional groups attached to an aromatic ring is 1. The third-order valence-corrected chi connectivity index (χ3v) is 3.34. The number of anilines is 1. The molecule has 0 bridgehead atoms. The minimum atomic E-state index is 0.0424. The van der Waals surface area contributed by atoms with Crippen molar-refractivity contribution in [2.24, 2.45) is 0 Å². The van der Waals surface area contributed by atoms with E-state index in [2.05, 4.69) is 34.6 Å². The molecule has 0 saturated heterocycles. The van der Waals surface area contributed by atoms with Gasteiger partial charge in [-0.15, -0.1) is 5.10 Å². The third-order valence-electron chi connectivity index (χ3n) is 3.34. The fraction of sp³-hybridized carbons (Fsp3) is 0.133. The second kappa shape index (κ2) is 5.13. The van der Waals surface area contributed by atoms with Crippen LogP contribution in [0.3, 0.4) is 0 Å². The molecule has 1 heterocycles. The number of aromatic nitrogens is 4. The maximum atomic E-state index is 6.01. The maximum Gasteiger partial charge on any atom is 0.184 e. The number of nitrogens with two attached hydrogens (primary N) is 1. The van der Waals surface area contributed by atoms with Crippen molar-refractivity contribution in [1.29, 1.82) is 0 Å². The van der Waals surface area contributed by atoms with E-state index in [4.69, 9.17) is 5.73 Å². The minimum absolute atomic E-state index is 0.0424. The SMILES string of the molecule is CC(c1ccccc1)n1nnnc1-c1ccccc1N. The smallest absolute Gasteiger partial charge is 0.184 e. The van der Waals surface area contributed by atoms with Crippen LogP contribution in [-0.2, 0) is 0 Å². The van der Waals surface area contributed by atoms with Crippen LogP contribution in [0.5, 0.6) is 0 Å². The van der Waals surface area contributed by atoms with Crippen molar-refractivity contribution in [1.82, 2.24) is 20.2 Å². The summed E-state index contributed by atoms with van der Waals surface area (Å²) in [5, 5.41) is 12.0. The van der Waals surface area contributed by atoms with Crippen LogP contribution in [0.2, 0.25) is 0 Å². The van der Waals surface area contributed by atoms with Crippen LogP contribution in [0, 0.1) is 0 Å². The lowest BCUT2D eigenvalue weighted by Crippen LogP contribution is -2.11. The molecule has 0 aliphatic carbocycles. The van der Waals surface area contributed by atoms with E-state index < -0.39 is 0 Å². The van der Waals surface area contributed by atoms with Gasteiger partial charge in [0.1, 0.15) is 0 Å². The summed E-state index contributed by atoms with van der Waals surface area (Å²) in [6.45, 7) is 2.06. The third kappa shape index (κ3) is 2.14. The molecule has 2 aromatic carbocycles. The zero-order chi connectivity index (χ0) is 13.9. The zero-order valence-electron chi connectivity index (χ0n) is 11.1. The van der Waals surface area contributed by atoms with E-state index in [1.165, 1.54) is 0 Å². The van der Waals surface area contributed by atoms with Crippen LogP contribution in [-0.4, -0.2) is 20.2 Å². The molecule has 0 spiro atoms. The average molecular weight is 265 g/mol. The molecule has 3 rings (SSSR count). The quantitative estimate of drug-likeness (QED) is 0.739. The van der Waals surface area contributed by atoms with Gasteiger partial charge in [-0.2, -0.15) is 0 Å². The Balaban J connectivity index is 2.05. The highest BCUT2D eigenvalue weighted by atomic mass is 15.5. The maximum absolute atomic E-state index is 6.01. The van der Waals surface area contributed by atoms with E-state index in [-0.39, 0.29) is 6.04 Å². The van der Waals surface area contributed by atoms with Gasteiger partial charge in [0.2, 0.25) is 0 Å². The second-order valence-corrected chi connectivity index (χ2v) is 4.62. The summed E-state index contributed by atoms with van der Waals surface area (Å²) < 4.78 is 1.79. The summed E-state index contributed by atoms with van der Waals surface area (Å²) in [5.74, 6) is 0.680. The Bertz CT molecular complexity index is 705. The molecule has 5 nitrogen and oxygen atoms in total. The molecule has 20 heavy (non-hydrogen) atoms. The van der Waals surface area contributed by atoms with Gasteiger partial charge < -0.3 is 5.73 Å². The molecule has 5 heteroatoms. The highest BCUT2D eigenvalue weighted by molar-refractivity contribution is 5.71. The minimum Gasteiger partial charge on any atom is -0.398 e. The summed E-state index contributed by atoms with van der Waals surface area (Å²) in [6.07, 6.45) is 0. The molecular weight excluding hydrogens is 250 g/mol. The van der Waals surface area contributed by atoms with Gasteiger partial charge in [-0.3, -0.25) is 0 Å². The van der Waals surface area contributed by atoms with Crippen LogP contribution in [0.4, 0.5) is 5.69 Å². The average Bonchev–Trinajstić information content (AvgIpc) is 2.97. The number of hydrogen-bond acceptors (Lipinski definition) is 4. The molecule has 100 valence electrons. The molecule has 1 unspecified atom stereocenters. The van der Waals surface area contributed by atoms with E-state index >= 15 is 0 Å². The van der Waals surface area contributed by atoms with E-state index in [1.54, 1.807) is 4.68 Å². The van der Waals surface area contributed by atoms with Crippen molar-refractivity contribution in [2.75, 3.05) is 5.73 Å². The van der Waals surface area contributed by atoms with E-state index in [0.29, 0.717) is 11.5 Å².